The molecule has 1 N–H and O–H groups in total. The van der Waals surface area contributed by atoms with E-state index in [0.717, 1.165) is 27.8 Å². The van der Waals surface area contributed by atoms with Crippen LogP contribution in [0.2, 0.25) is 0 Å². The van der Waals surface area contributed by atoms with Crippen molar-refractivity contribution in [3.63, 3.8) is 0 Å². The summed E-state index contributed by atoms with van der Waals surface area (Å²) in [6.45, 7) is 6.45. The van der Waals surface area contributed by atoms with Gasteiger partial charge in [-0.3, -0.25) is 4.79 Å². The Kier molecular flexibility index (Phi) is 4.37. The molecular formula is C14H16BrN3O. The van der Waals surface area contributed by atoms with Crippen LogP contribution in [0.4, 0.5) is 0 Å². The van der Waals surface area contributed by atoms with Gasteiger partial charge in [-0.15, -0.1) is 0 Å². The lowest BCUT2D eigenvalue weighted by atomic mass is 10.3. The number of nitrogens with zero attached hydrogens (tertiary/aromatic N) is 2. The second-order valence-corrected chi connectivity index (χ2v) is 5.37. The zero-order chi connectivity index (χ0) is 13.8. The number of carbonyl (C=O) groups is 1. The van der Waals surface area contributed by atoms with Crippen LogP contribution in [0, 0.1) is 0 Å². The van der Waals surface area contributed by atoms with Crippen molar-refractivity contribution in [2.45, 2.75) is 19.9 Å². The van der Waals surface area contributed by atoms with Crippen LogP contribution < -0.4 is 5.32 Å². The average molecular weight is 322 g/mol. The van der Waals surface area contributed by atoms with Crippen molar-refractivity contribution in [1.29, 1.82) is 0 Å². The summed E-state index contributed by atoms with van der Waals surface area (Å²) >= 11 is 3.22. The van der Waals surface area contributed by atoms with Crippen molar-refractivity contribution >= 4 is 32.9 Å². The number of hydrogen-bond donors (Lipinski definition) is 1. The van der Waals surface area contributed by atoms with E-state index in [2.05, 4.69) is 32.8 Å². The van der Waals surface area contributed by atoms with Gasteiger partial charge >= 0.3 is 0 Å². The first-order chi connectivity index (χ1) is 9.11. The second kappa shape index (κ2) is 6.02. The summed E-state index contributed by atoms with van der Waals surface area (Å²) in [7, 11) is 0. The van der Waals surface area contributed by atoms with Gasteiger partial charge in [0, 0.05) is 17.4 Å². The van der Waals surface area contributed by atoms with Gasteiger partial charge in [-0.25, -0.2) is 4.98 Å². The van der Waals surface area contributed by atoms with E-state index in [1.165, 1.54) is 0 Å². The molecule has 100 valence electrons. The first-order valence-corrected chi connectivity index (χ1v) is 6.95. The fraction of sp³-hybridized carbons (Fsp3) is 0.286. The Bertz CT molecular complexity index is 618. The third-order valence-corrected chi connectivity index (χ3v) is 3.11. The van der Waals surface area contributed by atoms with Crippen LogP contribution in [0.1, 0.15) is 12.7 Å². The Balaban J connectivity index is 2.23. The van der Waals surface area contributed by atoms with Gasteiger partial charge in [-0.2, -0.15) is 0 Å². The Hall–Kier alpha value is -1.62. The average Bonchev–Trinajstić information content (AvgIpc) is 2.75. The number of rotatable bonds is 5. The standard InChI is InChI=1S/C14H16BrN3O/c1-3-13-17-11-6-4-5-7-12(11)18(13)9-14(19)16-8-10(2)15/h4-7H,2-3,8-9H2,1H3,(H,16,19). The molecule has 2 rings (SSSR count). The van der Waals surface area contributed by atoms with E-state index in [0.29, 0.717) is 6.54 Å². The molecule has 19 heavy (non-hydrogen) atoms. The van der Waals surface area contributed by atoms with E-state index in [9.17, 15) is 4.79 Å². The van der Waals surface area contributed by atoms with Crippen LogP contribution in [0.25, 0.3) is 11.0 Å². The molecule has 1 aromatic carbocycles. The molecule has 0 aliphatic rings. The molecule has 0 saturated carbocycles. The number of aromatic nitrogens is 2. The highest BCUT2D eigenvalue weighted by Gasteiger charge is 2.11. The SMILES string of the molecule is C=C(Br)CNC(=O)Cn1c(CC)nc2ccccc21. The molecule has 0 radical (unpaired) electrons. The Morgan fingerprint density at radius 3 is 2.89 bits per heavy atom. The lowest BCUT2D eigenvalue weighted by Gasteiger charge is -2.08. The lowest BCUT2D eigenvalue weighted by molar-refractivity contribution is -0.121. The summed E-state index contributed by atoms with van der Waals surface area (Å²) in [5.41, 5.74) is 1.92. The highest BCUT2D eigenvalue weighted by molar-refractivity contribution is 9.11. The number of aryl methyl sites for hydroxylation is 1. The summed E-state index contributed by atoms with van der Waals surface area (Å²) in [6, 6.07) is 7.85. The molecule has 0 aliphatic heterocycles. The zero-order valence-corrected chi connectivity index (χ0v) is 12.4. The first kappa shape index (κ1) is 13.8. The van der Waals surface area contributed by atoms with E-state index in [-0.39, 0.29) is 12.5 Å². The largest absolute Gasteiger partial charge is 0.350 e. The highest BCUT2D eigenvalue weighted by atomic mass is 79.9. The smallest absolute Gasteiger partial charge is 0.240 e. The van der Waals surface area contributed by atoms with E-state index < -0.39 is 0 Å². The molecule has 5 heteroatoms. The molecule has 1 amide bonds. The summed E-state index contributed by atoms with van der Waals surface area (Å²) < 4.78 is 2.72. The van der Waals surface area contributed by atoms with Gasteiger partial charge in [-0.05, 0) is 12.1 Å². The van der Waals surface area contributed by atoms with Gasteiger partial charge in [0.1, 0.15) is 12.4 Å². The number of halogens is 1. The highest BCUT2D eigenvalue weighted by Crippen LogP contribution is 2.16. The first-order valence-electron chi connectivity index (χ1n) is 6.16. The third kappa shape index (κ3) is 3.23. The normalized spacial score (nSPS) is 10.6. The minimum atomic E-state index is -0.0431. The molecule has 1 aromatic heterocycles. The summed E-state index contributed by atoms with van der Waals surface area (Å²) in [4.78, 5) is 16.4. The molecule has 1 heterocycles. The van der Waals surface area contributed by atoms with Crippen LogP contribution in [-0.2, 0) is 17.8 Å². The van der Waals surface area contributed by atoms with Gasteiger partial charge in [0.15, 0.2) is 0 Å². The van der Waals surface area contributed by atoms with Crippen LogP contribution in [-0.4, -0.2) is 22.0 Å². The topological polar surface area (TPSA) is 46.9 Å². The Labute approximate surface area is 120 Å². The molecule has 4 nitrogen and oxygen atoms in total. The molecule has 0 fully saturated rings. The fourth-order valence-electron chi connectivity index (χ4n) is 1.97. The van der Waals surface area contributed by atoms with Gasteiger partial charge in [0.05, 0.1) is 11.0 Å². The Morgan fingerprint density at radius 2 is 2.21 bits per heavy atom. The van der Waals surface area contributed by atoms with Gasteiger partial charge in [0.2, 0.25) is 5.91 Å². The van der Waals surface area contributed by atoms with Gasteiger partial charge in [-0.1, -0.05) is 41.6 Å². The van der Waals surface area contributed by atoms with Crippen molar-refractivity contribution < 1.29 is 4.79 Å². The van der Waals surface area contributed by atoms with E-state index >= 15 is 0 Å². The summed E-state index contributed by atoms with van der Waals surface area (Å²) in [6.07, 6.45) is 0.799. The van der Waals surface area contributed by atoms with Crippen LogP contribution >= 0.6 is 15.9 Å². The molecule has 0 saturated heterocycles. The molecule has 0 spiro atoms. The molecule has 0 aliphatic carbocycles. The number of amides is 1. The number of para-hydroxylation sites is 2. The molecule has 0 bridgehead atoms. The number of hydrogen-bond acceptors (Lipinski definition) is 2. The van der Waals surface area contributed by atoms with Crippen LogP contribution in [0.3, 0.4) is 0 Å². The second-order valence-electron chi connectivity index (χ2n) is 4.25. The van der Waals surface area contributed by atoms with Crippen molar-refractivity contribution in [3.05, 3.63) is 41.2 Å². The minimum absolute atomic E-state index is 0.0431. The monoisotopic (exact) mass is 321 g/mol. The maximum atomic E-state index is 11.9. The van der Waals surface area contributed by atoms with Crippen LogP contribution in [0.5, 0.6) is 0 Å². The van der Waals surface area contributed by atoms with Gasteiger partial charge in [0.25, 0.3) is 0 Å². The molecule has 2 aromatic rings. The molecule has 0 atom stereocenters. The van der Waals surface area contributed by atoms with Crippen molar-refractivity contribution in [2.75, 3.05) is 6.54 Å². The van der Waals surface area contributed by atoms with E-state index in [4.69, 9.17) is 0 Å². The van der Waals surface area contributed by atoms with Crippen molar-refractivity contribution in [1.82, 2.24) is 14.9 Å². The van der Waals surface area contributed by atoms with E-state index in [1.54, 1.807) is 0 Å². The maximum absolute atomic E-state index is 11.9. The third-order valence-electron chi connectivity index (χ3n) is 2.83. The number of carbonyl (C=O) groups excluding carboxylic acids is 1. The predicted octanol–water partition coefficient (Wildman–Crippen LogP) is 2.62. The number of fused-ring (bicyclic) bond motifs is 1. The number of benzene rings is 1. The Morgan fingerprint density at radius 1 is 1.47 bits per heavy atom. The summed E-state index contributed by atoms with van der Waals surface area (Å²) in [5, 5.41) is 2.80. The summed E-state index contributed by atoms with van der Waals surface area (Å²) in [5.74, 6) is 0.882. The van der Waals surface area contributed by atoms with Gasteiger partial charge < -0.3 is 9.88 Å². The van der Waals surface area contributed by atoms with E-state index in [1.807, 2.05) is 35.8 Å². The van der Waals surface area contributed by atoms with Crippen molar-refractivity contribution in [3.8, 4) is 0 Å². The molecule has 0 unspecified atom stereocenters. The quantitative estimate of drug-likeness (QED) is 0.920. The number of imidazole rings is 1. The van der Waals surface area contributed by atoms with Crippen molar-refractivity contribution in [2.24, 2.45) is 0 Å². The predicted molar refractivity (Wildman–Crippen MR) is 80.2 cm³/mol. The van der Waals surface area contributed by atoms with Crippen LogP contribution in [0.15, 0.2) is 35.3 Å². The lowest BCUT2D eigenvalue weighted by Crippen LogP contribution is -2.29. The maximum Gasteiger partial charge on any atom is 0.240 e. The zero-order valence-electron chi connectivity index (χ0n) is 10.8. The fourth-order valence-corrected chi connectivity index (χ4v) is 2.11. The number of nitrogens with one attached hydrogen (secondary N) is 1. The molecular weight excluding hydrogens is 306 g/mol. The minimum Gasteiger partial charge on any atom is -0.350 e.